The summed E-state index contributed by atoms with van der Waals surface area (Å²) in [6.45, 7) is 3.85. The van der Waals surface area contributed by atoms with E-state index in [9.17, 15) is 9.59 Å². The highest BCUT2D eigenvalue weighted by Crippen LogP contribution is 2.32. The Labute approximate surface area is 97.5 Å². The fourth-order valence-corrected chi connectivity index (χ4v) is 2.50. The van der Waals surface area contributed by atoms with Gasteiger partial charge in [0.1, 0.15) is 11.7 Å². The van der Waals surface area contributed by atoms with Gasteiger partial charge in [-0.1, -0.05) is 13.3 Å². The van der Waals surface area contributed by atoms with Crippen molar-refractivity contribution < 1.29 is 14.3 Å². The van der Waals surface area contributed by atoms with Gasteiger partial charge < -0.3 is 4.74 Å². The first-order chi connectivity index (χ1) is 7.60. The van der Waals surface area contributed by atoms with Crippen molar-refractivity contribution in [2.24, 2.45) is 17.8 Å². The maximum absolute atomic E-state index is 12.0. The Morgan fingerprint density at radius 2 is 1.81 bits per heavy atom. The number of hydrogen-bond acceptors (Lipinski definition) is 3. The highest BCUT2D eigenvalue weighted by molar-refractivity contribution is 5.99. The highest BCUT2D eigenvalue weighted by atomic mass is 16.5. The van der Waals surface area contributed by atoms with Gasteiger partial charge in [0.05, 0.1) is 7.11 Å². The molecule has 1 atom stereocenters. The minimum atomic E-state index is -0.590. The van der Waals surface area contributed by atoms with Crippen molar-refractivity contribution in [3.05, 3.63) is 0 Å². The summed E-state index contributed by atoms with van der Waals surface area (Å²) in [5.41, 5.74) is 0. The number of ketones is 1. The Kier molecular flexibility index (Phi) is 4.97. The molecule has 1 unspecified atom stereocenters. The lowest BCUT2D eigenvalue weighted by molar-refractivity contribution is -0.150. The SMILES string of the molecule is CCC1CCC(C(=O)C(C)C(=O)OC)CC1. The third kappa shape index (κ3) is 3.06. The number of methoxy groups -OCH3 is 1. The molecule has 92 valence electrons. The zero-order chi connectivity index (χ0) is 12.1. The summed E-state index contributed by atoms with van der Waals surface area (Å²) in [5.74, 6) is -0.0634. The summed E-state index contributed by atoms with van der Waals surface area (Å²) in [6.07, 6.45) is 5.34. The molecule has 0 N–H and O–H groups in total. The summed E-state index contributed by atoms with van der Waals surface area (Å²) in [4.78, 5) is 23.3. The molecule has 0 heterocycles. The maximum Gasteiger partial charge on any atom is 0.315 e. The Morgan fingerprint density at radius 1 is 1.25 bits per heavy atom. The first-order valence-electron chi connectivity index (χ1n) is 6.21. The van der Waals surface area contributed by atoms with Crippen LogP contribution in [0.1, 0.15) is 46.0 Å². The van der Waals surface area contributed by atoms with Gasteiger partial charge in [-0.05, 0) is 38.5 Å². The maximum atomic E-state index is 12.0. The second-order valence-corrected chi connectivity index (χ2v) is 4.77. The second kappa shape index (κ2) is 6.02. The fraction of sp³-hybridized carbons (Fsp3) is 0.846. The zero-order valence-electron chi connectivity index (χ0n) is 10.5. The molecule has 1 aliphatic carbocycles. The van der Waals surface area contributed by atoms with E-state index in [0.29, 0.717) is 0 Å². The molecule has 1 aliphatic rings. The van der Waals surface area contributed by atoms with Crippen LogP contribution in [0.25, 0.3) is 0 Å². The predicted molar refractivity (Wildman–Crippen MR) is 61.9 cm³/mol. The van der Waals surface area contributed by atoms with Gasteiger partial charge in [-0.15, -0.1) is 0 Å². The minimum absolute atomic E-state index is 0.0707. The summed E-state index contributed by atoms with van der Waals surface area (Å²) < 4.78 is 4.61. The van der Waals surface area contributed by atoms with Crippen LogP contribution in [-0.4, -0.2) is 18.9 Å². The fourth-order valence-electron chi connectivity index (χ4n) is 2.50. The number of esters is 1. The van der Waals surface area contributed by atoms with Gasteiger partial charge >= 0.3 is 5.97 Å². The second-order valence-electron chi connectivity index (χ2n) is 4.77. The van der Waals surface area contributed by atoms with E-state index >= 15 is 0 Å². The molecule has 1 fully saturated rings. The molecule has 1 rings (SSSR count). The molecule has 0 bridgehead atoms. The molecule has 0 aromatic carbocycles. The topological polar surface area (TPSA) is 43.4 Å². The molecule has 16 heavy (non-hydrogen) atoms. The van der Waals surface area contributed by atoms with Crippen LogP contribution in [0.3, 0.4) is 0 Å². The monoisotopic (exact) mass is 226 g/mol. The number of carbonyl (C=O) groups excluding carboxylic acids is 2. The van der Waals surface area contributed by atoms with E-state index in [1.807, 2.05) is 0 Å². The number of hydrogen-bond donors (Lipinski definition) is 0. The van der Waals surface area contributed by atoms with E-state index in [0.717, 1.165) is 31.6 Å². The average molecular weight is 226 g/mol. The van der Waals surface area contributed by atoms with Crippen LogP contribution in [-0.2, 0) is 14.3 Å². The van der Waals surface area contributed by atoms with Crippen LogP contribution < -0.4 is 0 Å². The van der Waals surface area contributed by atoms with E-state index in [4.69, 9.17) is 0 Å². The molecule has 0 saturated heterocycles. The van der Waals surface area contributed by atoms with E-state index in [-0.39, 0.29) is 11.7 Å². The van der Waals surface area contributed by atoms with Crippen LogP contribution in [0.5, 0.6) is 0 Å². The van der Waals surface area contributed by atoms with Crippen molar-refractivity contribution >= 4 is 11.8 Å². The molecule has 0 amide bonds. The van der Waals surface area contributed by atoms with Crippen molar-refractivity contribution in [3.8, 4) is 0 Å². The summed E-state index contributed by atoms with van der Waals surface area (Å²) in [7, 11) is 1.33. The van der Waals surface area contributed by atoms with Gasteiger partial charge in [0.15, 0.2) is 0 Å². The molecule has 0 aliphatic heterocycles. The van der Waals surface area contributed by atoms with Crippen molar-refractivity contribution in [1.82, 2.24) is 0 Å². The lowest BCUT2D eigenvalue weighted by Gasteiger charge is -2.27. The van der Waals surface area contributed by atoms with Gasteiger partial charge in [0.2, 0.25) is 0 Å². The van der Waals surface area contributed by atoms with Crippen molar-refractivity contribution in [1.29, 1.82) is 0 Å². The molecular formula is C13H22O3. The third-order valence-corrected chi connectivity index (χ3v) is 3.81. The standard InChI is InChI=1S/C13H22O3/c1-4-10-5-7-11(8-6-10)12(14)9(2)13(15)16-3/h9-11H,4-8H2,1-3H3. The Balaban J connectivity index is 2.47. The minimum Gasteiger partial charge on any atom is -0.468 e. The van der Waals surface area contributed by atoms with Gasteiger partial charge in [-0.2, -0.15) is 0 Å². The number of rotatable bonds is 4. The van der Waals surface area contributed by atoms with Crippen LogP contribution in [0.4, 0.5) is 0 Å². The molecular weight excluding hydrogens is 204 g/mol. The number of carbonyl (C=O) groups is 2. The van der Waals surface area contributed by atoms with E-state index in [1.165, 1.54) is 13.5 Å². The molecule has 1 saturated carbocycles. The molecule has 0 aromatic rings. The van der Waals surface area contributed by atoms with Crippen molar-refractivity contribution in [3.63, 3.8) is 0 Å². The largest absolute Gasteiger partial charge is 0.468 e. The van der Waals surface area contributed by atoms with E-state index in [2.05, 4.69) is 11.7 Å². The number of Topliss-reactive ketones (excluding diaryl/α,β-unsaturated/α-hetero) is 1. The van der Waals surface area contributed by atoms with E-state index in [1.54, 1.807) is 6.92 Å². The molecule has 0 spiro atoms. The smallest absolute Gasteiger partial charge is 0.315 e. The van der Waals surface area contributed by atoms with Crippen molar-refractivity contribution in [2.75, 3.05) is 7.11 Å². The first-order valence-corrected chi connectivity index (χ1v) is 6.21. The van der Waals surface area contributed by atoms with Gasteiger partial charge in [0.25, 0.3) is 0 Å². The van der Waals surface area contributed by atoms with Crippen LogP contribution in [0, 0.1) is 17.8 Å². The predicted octanol–water partition coefficient (Wildman–Crippen LogP) is 2.58. The van der Waals surface area contributed by atoms with Gasteiger partial charge in [0, 0.05) is 5.92 Å². The Bertz CT molecular complexity index is 252. The summed E-state index contributed by atoms with van der Waals surface area (Å²) in [5, 5.41) is 0. The quantitative estimate of drug-likeness (QED) is 0.546. The van der Waals surface area contributed by atoms with Gasteiger partial charge in [-0.3, -0.25) is 9.59 Å². The Hall–Kier alpha value is -0.860. The molecule has 0 radical (unpaired) electrons. The van der Waals surface area contributed by atoms with Crippen molar-refractivity contribution in [2.45, 2.75) is 46.0 Å². The van der Waals surface area contributed by atoms with Crippen LogP contribution in [0.15, 0.2) is 0 Å². The Morgan fingerprint density at radius 3 is 2.25 bits per heavy atom. The first kappa shape index (κ1) is 13.2. The summed E-state index contributed by atoms with van der Waals surface area (Å²) in [6, 6.07) is 0. The van der Waals surface area contributed by atoms with Crippen LogP contribution >= 0.6 is 0 Å². The van der Waals surface area contributed by atoms with E-state index < -0.39 is 11.9 Å². The molecule has 3 heteroatoms. The lowest BCUT2D eigenvalue weighted by Crippen LogP contribution is -2.31. The van der Waals surface area contributed by atoms with Crippen LogP contribution in [0.2, 0.25) is 0 Å². The zero-order valence-corrected chi connectivity index (χ0v) is 10.5. The number of ether oxygens (including phenoxy) is 1. The van der Waals surface area contributed by atoms with Gasteiger partial charge in [-0.25, -0.2) is 0 Å². The molecule has 0 aromatic heterocycles. The summed E-state index contributed by atoms with van der Waals surface area (Å²) >= 11 is 0. The molecule has 3 nitrogen and oxygen atoms in total. The normalized spacial score (nSPS) is 27.2. The average Bonchev–Trinajstić information content (AvgIpc) is 2.36. The third-order valence-electron chi connectivity index (χ3n) is 3.81. The lowest BCUT2D eigenvalue weighted by atomic mass is 9.77. The highest BCUT2D eigenvalue weighted by Gasteiger charge is 2.31.